The van der Waals surface area contributed by atoms with Crippen molar-refractivity contribution in [2.45, 2.75) is 60.3 Å². The summed E-state index contributed by atoms with van der Waals surface area (Å²) in [4.78, 5) is 0. The van der Waals surface area contributed by atoms with Crippen LogP contribution in [0.15, 0.2) is 0 Å². The van der Waals surface area contributed by atoms with Gasteiger partial charge in [-0.3, -0.25) is 0 Å². The molecule has 0 aromatic heterocycles. The Hall–Kier alpha value is -1.18. The molecule has 0 radical (unpaired) electrons. The summed E-state index contributed by atoms with van der Waals surface area (Å²) in [6, 6.07) is 0. The summed E-state index contributed by atoms with van der Waals surface area (Å²) >= 11 is 0. The van der Waals surface area contributed by atoms with Crippen LogP contribution in [0.25, 0.3) is 0 Å². The van der Waals surface area contributed by atoms with E-state index in [2.05, 4.69) is 27.7 Å². The Kier molecular flexibility index (Phi) is 4.66. The highest BCUT2D eigenvalue weighted by molar-refractivity contribution is 5.59. The predicted molar refractivity (Wildman–Crippen MR) is 76.5 cm³/mol. The average molecular weight is 250 g/mol. The SMILES string of the molecule is CCc1c(C)c(O)c(CC(C)C)c(C(C)C)c1O. The number of phenols is 2. The number of phenolic OH excluding ortho intramolecular Hbond substituents is 2. The molecule has 2 N–H and O–H groups in total. The zero-order valence-corrected chi connectivity index (χ0v) is 12.5. The second-order valence-electron chi connectivity index (χ2n) is 5.80. The molecule has 0 heterocycles. The second kappa shape index (κ2) is 5.64. The van der Waals surface area contributed by atoms with Crippen LogP contribution in [0.1, 0.15) is 62.8 Å². The van der Waals surface area contributed by atoms with Crippen molar-refractivity contribution in [2.75, 3.05) is 0 Å². The minimum atomic E-state index is 0.218. The topological polar surface area (TPSA) is 40.5 Å². The molecule has 0 saturated heterocycles. The molecule has 2 nitrogen and oxygen atoms in total. The van der Waals surface area contributed by atoms with Crippen LogP contribution in [0.4, 0.5) is 0 Å². The number of hydrogen-bond acceptors (Lipinski definition) is 2. The Bertz CT molecular complexity index is 431. The lowest BCUT2D eigenvalue weighted by atomic mass is 9.85. The molecule has 1 aromatic rings. The Morgan fingerprint density at radius 1 is 0.944 bits per heavy atom. The smallest absolute Gasteiger partial charge is 0.123 e. The van der Waals surface area contributed by atoms with Gasteiger partial charge in [0.25, 0.3) is 0 Å². The van der Waals surface area contributed by atoms with E-state index in [0.29, 0.717) is 17.4 Å². The standard InChI is InChI=1S/C16H26O2/c1-7-12-11(6)15(17)13(8-9(2)3)14(10(4)5)16(12)18/h9-10,17-18H,7-8H2,1-6H3. The van der Waals surface area contributed by atoms with E-state index in [1.54, 1.807) is 0 Å². The van der Waals surface area contributed by atoms with Gasteiger partial charge in [-0.05, 0) is 37.2 Å². The molecule has 0 saturated carbocycles. The van der Waals surface area contributed by atoms with Gasteiger partial charge in [-0.25, -0.2) is 0 Å². The fraction of sp³-hybridized carbons (Fsp3) is 0.625. The fourth-order valence-corrected chi connectivity index (χ4v) is 2.65. The third kappa shape index (κ3) is 2.63. The molecule has 0 fully saturated rings. The molecule has 0 bridgehead atoms. The maximum Gasteiger partial charge on any atom is 0.123 e. The summed E-state index contributed by atoms with van der Waals surface area (Å²) in [6.45, 7) is 12.3. The first kappa shape index (κ1) is 14.9. The highest BCUT2D eigenvalue weighted by Gasteiger charge is 2.22. The van der Waals surface area contributed by atoms with Gasteiger partial charge in [0.2, 0.25) is 0 Å². The molecular formula is C16H26O2. The summed E-state index contributed by atoms with van der Waals surface area (Å²) in [5, 5.41) is 20.8. The van der Waals surface area contributed by atoms with Crippen molar-refractivity contribution in [1.29, 1.82) is 0 Å². The van der Waals surface area contributed by atoms with Crippen molar-refractivity contribution < 1.29 is 10.2 Å². The molecule has 2 heteroatoms. The first-order valence-corrected chi connectivity index (χ1v) is 6.87. The summed E-state index contributed by atoms with van der Waals surface area (Å²) in [6.07, 6.45) is 1.55. The van der Waals surface area contributed by atoms with Gasteiger partial charge in [-0.15, -0.1) is 0 Å². The van der Waals surface area contributed by atoms with Crippen LogP contribution >= 0.6 is 0 Å². The molecule has 0 aliphatic carbocycles. The fourth-order valence-electron chi connectivity index (χ4n) is 2.65. The maximum atomic E-state index is 10.4. The van der Waals surface area contributed by atoms with Crippen molar-refractivity contribution in [1.82, 2.24) is 0 Å². The van der Waals surface area contributed by atoms with E-state index < -0.39 is 0 Å². The van der Waals surface area contributed by atoms with E-state index in [9.17, 15) is 10.2 Å². The van der Waals surface area contributed by atoms with Gasteiger partial charge in [0.05, 0.1) is 0 Å². The number of hydrogen-bond donors (Lipinski definition) is 2. The van der Waals surface area contributed by atoms with Gasteiger partial charge < -0.3 is 10.2 Å². The minimum Gasteiger partial charge on any atom is -0.507 e. The van der Waals surface area contributed by atoms with Crippen LogP contribution in [0.2, 0.25) is 0 Å². The molecule has 0 amide bonds. The van der Waals surface area contributed by atoms with Gasteiger partial charge in [-0.2, -0.15) is 0 Å². The normalized spacial score (nSPS) is 11.6. The highest BCUT2D eigenvalue weighted by Crippen LogP contribution is 2.42. The maximum absolute atomic E-state index is 10.4. The van der Waals surface area contributed by atoms with Gasteiger partial charge in [0.15, 0.2) is 0 Å². The van der Waals surface area contributed by atoms with E-state index >= 15 is 0 Å². The molecule has 102 valence electrons. The zero-order valence-electron chi connectivity index (χ0n) is 12.5. The predicted octanol–water partition coefficient (Wildman–Crippen LogP) is 4.29. The van der Waals surface area contributed by atoms with Crippen molar-refractivity contribution in [3.8, 4) is 11.5 Å². The highest BCUT2D eigenvalue weighted by atomic mass is 16.3. The van der Waals surface area contributed by atoms with Crippen LogP contribution in [-0.4, -0.2) is 10.2 Å². The van der Waals surface area contributed by atoms with Gasteiger partial charge in [-0.1, -0.05) is 34.6 Å². The van der Waals surface area contributed by atoms with E-state index in [1.165, 1.54) is 0 Å². The van der Waals surface area contributed by atoms with Crippen LogP contribution in [0.5, 0.6) is 11.5 Å². The summed E-state index contributed by atoms with van der Waals surface area (Å²) < 4.78 is 0. The lowest BCUT2D eigenvalue weighted by molar-refractivity contribution is 0.431. The van der Waals surface area contributed by atoms with E-state index in [1.807, 2.05) is 13.8 Å². The Labute approximate surface area is 111 Å². The minimum absolute atomic E-state index is 0.218. The largest absolute Gasteiger partial charge is 0.507 e. The molecule has 0 unspecified atom stereocenters. The van der Waals surface area contributed by atoms with Crippen molar-refractivity contribution in [3.05, 3.63) is 22.3 Å². The molecule has 0 atom stereocenters. The average Bonchev–Trinajstić information content (AvgIpc) is 2.25. The van der Waals surface area contributed by atoms with Gasteiger partial charge in [0.1, 0.15) is 11.5 Å². The van der Waals surface area contributed by atoms with Gasteiger partial charge >= 0.3 is 0 Å². The quantitative estimate of drug-likeness (QED) is 0.783. The zero-order chi connectivity index (χ0) is 14.0. The first-order chi connectivity index (χ1) is 8.31. The number of aromatic hydroxyl groups is 2. The Morgan fingerprint density at radius 3 is 1.89 bits per heavy atom. The van der Waals surface area contributed by atoms with Crippen molar-refractivity contribution in [3.63, 3.8) is 0 Å². The van der Waals surface area contributed by atoms with E-state index in [-0.39, 0.29) is 5.92 Å². The lowest BCUT2D eigenvalue weighted by Crippen LogP contribution is -2.06. The summed E-state index contributed by atoms with van der Waals surface area (Å²) in [5.41, 5.74) is 3.55. The first-order valence-electron chi connectivity index (χ1n) is 6.87. The number of rotatable bonds is 4. The molecule has 0 aliphatic heterocycles. The lowest BCUT2D eigenvalue weighted by Gasteiger charge is -2.22. The third-order valence-corrected chi connectivity index (χ3v) is 3.50. The second-order valence-corrected chi connectivity index (χ2v) is 5.80. The summed E-state index contributed by atoms with van der Waals surface area (Å²) in [7, 11) is 0. The Balaban J connectivity index is 3.57. The van der Waals surface area contributed by atoms with Crippen LogP contribution < -0.4 is 0 Å². The summed E-state index contributed by atoms with van der Waals surface area (Å²) in [5.74, 6) is 1.44. The van der Waals surface area contributed by atoms with Gasteiger partial charge in [0, 0.05) is 16.7 Å². The van der Waals surface area contributed by atoms with Crippen LogP contribution in [-0.2, 0) is 12.8 Å². The van der Waals surface area contributed by atoms with E-state index in [4.69, 9.17) is 0 Å². The van der Waals surface area contributed by atoms with Crippen molar-refractivity contribution >= 4 is 0 Å². The molecule has 1 aromatic carbocycles. The molecule has 1 rings (SSSR count). The van der Waals surface area contributed by atoms with Crippen LogP contribution in [0, 0.1) is 12.8 Å². The van der Waals surface area contributed by atoms with Crippen molar-refractivity contribution in [2.24, 2.45) is 5.92 Å². The molecular weight excluding hydrogens is 224 g/mol. The monoisotopic (exact) mass is 250 g/mol. The molecule has 18 heavy (non-hydrogen) atoms. The molecule has 0 spiro atoms. The Morgan fingerprint density at radius 2 is 1.50 bits per heavy atom. The van der Waals surface area contributed by atoms with Crippen LogP contribution in [0.3, 0.4) is 0 Å². The third-order valence-electron chi connectivity index (χ3n) is 3.50. The molecule has 0 aliphatic rings. The van der Waals surface area contributed by atoms with E-state index in [0.717, 1.165) is 35.1 Å². The number of benzene rings is 1.